The van der Waals surface area contributed by atoms with Crippen LogP contribution in [0.5, 0.6) is 0 Å². The minimum atomic E-state index is -0.322. The van der Waals surface area contributed by atoms with Gasteiger partial charge < -0.3 is 4.90 Å². The van der Waals surface area contributed by atoms with Crippen LogP contribution in [0.3, 0.4) is 0 Å². The van der Waals surface area contributed by atoms with E-state index >= 15 is 0 Å². The molecule has 24 heavy (non-hydrogen) atoms. The summed E-state index contributed by atoms with van der Waals surface area (Å²) in [5, 5.41) is 6.46. The highest BCUT2D eigenvalue weighted by Crippen LogP contribution is 2.30. The van der Waals surface area contributed by atoms with Crippen molar-refractivity contribution >= 4 is 5.91 Å². The predicted molar refractivity (Wildman–Crippen MR) is 89.9 cm³/mol. The summed E-state index contributed by atoms with van der Waals surface area (Å²) in [6.45, 7) is 0.704. The van der Waals surface area contributed by atoms with Gasteiger partial charge in [-0.3, -0.25) is 9.78 Å². The fourth-order valence-electron chi connectivity index (χ4n) is 3.93. The number of carbonyl (C=O) groups excluding carboxylic acids is 1. The highest BCUT2D eigenvalue weighted by molar-refractivity contribution is 5.94. The minimum absolute atomic E-state index is 0.0388. The molecule has 0 spiro atoms. The normalized spacial score (nSPS) is 20.7. The summed E-state index contributed by atoms with van der Waals surface area (Å²) >= 11 is 0. The second-order valence-electron chi connectivity index (χ2n) is 6.76. The summed E-state index contributed by atoms with van der Waals surface area (Å²) in [5.41, 5.74) is 3.12. The smallest absolute Gasteiger partial charge is 0.328 e. The van der Waals surface area contributed by atoms with E-state index in [1.165, 1.54) is 24.0 Å². The number of likely N-dealkylation sites (tertiary alicyclic amines) is 1. The van der Waals surface area contributed by atoms with Gasteiger partial charge in [0.25, 0.3) is 5.91 Å². The van der Waals surface area contributed by atoms with Crippen LogP contribution in [0.25, 0.3) is 0 Å². The average Bonchev–Trinajstić information content (AvgIpc) is 3.07. The number of nitrogens with one attached hydrogen (secondary N) is 2. The Hall–Kier alpha value is -2.37. The topological polar surface area (TPSA) is 81.8 Å². The number of carbonyl (C=O) groups is 1. The molecule has 2 N–H and O–H groups in total. The Kier molecular flexibility index (Phi) is 3.96. The van der Waals surface area contributed by atoms with Crippen molar-refractivity contribution in [2.24, 2.45) is 0 Å². The van der Waals surface area contributed by atoms with Crippen molar-refractivity contribution in [2.45, 2.75) is 51.0 Å². The molecule has 1 amide bonds. The standard InChI is InChI=1S/C18H22N4O2/c23-17(14-9-8-12-5-1-2-6-13(12)11-14)22-10-4-3-7-15(22)16-19-18(24)21-20-16/h8-9,11,15H,1-7,10H2,(H2,19,20,21,24). The van der Waals surface area contributed by atoms with Crippen LogP contribution in [-0.4, -0.2) is 32.5 Å². The van der Waals surface area contributed by atoms with Crippen LogP contribution in [0.2, 0.25) is 0 Å². The summed E-state index contributed by atoms with van der Waals surface area (Å²) in [5.74, 6) is 0.600. The van der Waals surface area contributed by atoms with E-state index in [-0.39, 0.29) is 17.6 Å². The molecule has 1 aliphatic carbocycles. The molecule has 6 heteroatoms. The van der Waals surface area contributed by atoms with Crippen LogP contribution in [0, 0.1) is 0 Å². The first-order valence-corrected chi connectivity index (χ1v) is 8.80. The number of aromatic amines is 2. The number of amides is 1. The second-order valence-corrected chi connectivity index (χ2v) is 6.76. The number of benzene rings is 1. The van der Waals surface area contributed by atoms with E-state index < -0.39 is 0 Å². The Labute approximate surface area is 140 Å². The van der Waals surface area contributed by atoms with Crippen molar-refractivity contribution in [2.75, 3.05) is 6.54 Å². The van der Waals surface area contributed by atoms with Crippen molar-refractivity contribution in [1.29, 1.82) is 0 Å². The first-order valence-electron chi connectivity index (χ1n) is 8.80. The summed E-state index contributed by atoms with van der Waals surface area (Å²) < 4.78 is 0. The lowest BCUT2D eigenvalue weighted by molar-refractivity contribution is 0.0600. The molecule has 0 bridgehead atoms. The molecule has 2 aliphatic rings. The number of hydrogen-bond acceptors (Lipinski definition) is 3. The Bertz CT molecular complexity index is 807. The van der Waals surface area contributed by atoms with Crippen LogP contribution >= 0.6 is 0 Å². The molecule has 0 saturated carbocycles. The molecule has 1 aromatic carbocycles. The Morgan fingerprint density at radius 3 is 2.75 bits per heavy atom. The molecule has 1 atom stereocenters. The molecule has 0 radical (unpaired) electrons. The van der Waals surface area contributed by atoms with Gasteiger partial charge in [0.15, 0.2) is 5.82 Å². The maximum Gasteiger partial charge on any atom is 0.340 e. The van der Waals surface area contributed by atoms with Crippen LogP contribution < -0.4 is 5.69 Å². The van der Waals surface area contributed by atoms with Crippen LogP contribution in [0.4, 0.5) is 0 Å². The van der Waals surface area contributed by atoms with E-state index in [0.717, 1.165) is 37.7 Å². The molecular weight excluding hydrogens is 304 g/mol. The Morgan fingerprint density at radius 1 is 1.12 bits per heavy atom. The molecule has 1 unspecified atom stereocenters. The number of H-pyrrole nitrogens is 2. The lowest BCUT2D eigenvalue weighted by Gasteiger charge is -2.34. The van der Waals surface area contributed by atoms with Gasteiger partial charge in [0.2, 0.25) is 0 Å². The van der Waals surface area contributed by atoms with Gasteiger partial charge in [0, 0.05) is 12.1 Å². The van der Waals surface area contributed by atoms with Gasteiger partial charge in [0.1, 0.15) is 0 Å². The van der Waals surface area contributed by atoms with Gasteiger partial charge in [-0.2, -0.15) is 5.10 Å². The number of aromatic nitrogens is 3. The average molecular weight is 326 g/mol. The molecule has 1 fully saturated rings. The molecule has 4 rings (SSSR count). The first kappa shape index (κ1) is 15.2. The number of piperidine rings is 1. The fraction of sp³-hybridized carbons (Fsp3) is 0.500. The molecule has 126 valence electrons. The monoisotopic (exact) mass is 326 g/mol. The maximum absolute atomic E-state index is 13.1. The van der Waals surface area contributed by atoms with E-state index in [9.17, 15) is 9.59 Å². The van der Waals surface area contributed by atoms with Crippen molar-refractivity contribution in [3.8, 4) is 0 Å². The Morgan fingerprint density at radius 2 is 1.96 bits per heavy atom. The lowest BCUT2D eigenvalue weighted by Crippen LogP contribution is -2.39. The fourth-order valence-corrected chi connectivity index (χ4v) is 3.93. The SMILES string of the molecule is O=C(c1ccc2c(c1)CCCC2)N1CCCCC1c1n[nH]c(=O)[nH]1. The number of rotatable bonds is 2. The Balaban J connectivity index is 1.63. The van der Waals surface area contributed by atoms with E-state index in [1.807, 2.05) is 11.0 Å². The summed E-state index contributed by atoms with van der Waals surface area (Å²) in [6.07, 6.45) is 7.47. The third kappa shape index (κ3) is 2.77. The van der Waals surface area contributed by atoms with E-state index in [1.54, 1.807) is 0 Å². The number of aryl methyl sites for hydroxylation is 2. The van der Waals surface area contributed by atoms with Gasteiger partial charge in [-0.15, -0.1) is 0 Å². The van der Waals surface area contributed by atoms with E-state index in [4.69, 9.17) is 0 Å². The highest BCUT2D eigenvalue weighted by Gasteiger charge is 2.31. The number of fused-ring (bicyclic) bond motifs is 1. The van der Waals surface area contributed by atoms with Crippen molar-refractivity contribution in [3.63, 3.8) is 0 Å². The van der Waals surface area contributed by atoms with E-state index in [0.29, 0.717) is 12.4 Å². The highest BCUT2D eigenvalue weighted by atomic mass is 16.2. The van der Waals surface area contributed by atoms with Crippen LogP contribution in [0.15, 0.2) is 23.0 Å². The maximum atomic E-state index is 13.1. The van der Waals surface area contributed by atoms with Gasteiger partial charge in [-0.1, -0.05) is 6.07 Å². The summed E-state index contributed by atoms with van der Waals surface area (Å²) in [7, 11) is 0. The molecule has 2 aromatic rings. The third-order valence-corrected chi connectivity index (χ3v) is 5.19. The first-order chi connectivity index (χ1) is 11.7. The molecule has 6 nitrogen and oxygen atoms in total. The van der Waals surface area contributed by atoms with E-state index in [2.05, 4.69) is 27.3 Å². The minimum Gasteiger partial charge on any atom is -0.328 e. The molecular formula is C18H22N4O2. The summed E-state index contributed by atoms with van der Waals surface area (Å²) in [6, 6.07) is 5.97. The molecule has 1 saturated heterocycles. The quantitative estimate of drug-likeness (QED) is 0.889. The van der Waals surface area contributed by atoms with Crippen molar-refractivity contribution in [1.82, 2.24) is 20.1 Å². The van der Waals surface area contributed by atoms with Crippen molar-refractivity contribution in [3.05, 3.63) is 51.2 Å². The van der Waals surface area contributed by atoms with Crippen LogP contribution in [-0.2, 0) is 12.8 Å². The number of hydrogen-bond donors (Lipinski definition) is 2. The molecule has 1 aliphatic heterocycles. The van der Waals surface area contributed by atoms with Gasteiger partial charge >= 0.3 is 5.69 Å². The largest absolute Gasteiger partial charge is 0.340 e. The molecule has 1 aromatic heterocycles. The predicted octanol–water partition coefficient (Wildman–Crippen LogP) is 2.34. The second kappa shape index (κ2) is 6.26. The zero-order valence-electron chi connectivity index (χ0n) is 13.7. The van der Waals surface area contributed by atoms with Gasteiger partial charge in [-0.05, 0) is 68.2 Å². The zero-order valence-corrected chi connectivity index (χ0v) is 13.7. The van der Waals surface area contributed by atoms with Gasteiger partial charge in [0.05, 0.1) is 6.04 Å². The zero-order chi connectivity index (χ0) is 16.5. The third-order valence-electron chi connectivity index (χ3n) is 5.19. The summed E-state index contributed by atoms with van der Waals surface area (Å²) in [4.78, 5) is 29.0. The van der Waals surface area contributed by atoms with Gasteiger partial charge in [-0.25, -0.2) is 9.89 Å². The lowest BCUT2D eigenvalue weighted by atomic mass is 9.90. The van der Waals surface area contributed by atoms with Crippen molar-refractivity contribution < 1.29 is 4.79 Å². The van der Waals surface area contributed by atoms with Crippen LogP contribution in [0.1, 0.15) is 65.5 Å². The molecule has 2 heterocycles. The number of nitrogens with zero attached hydrogens (tertiary/aromatic N) is 2.